The summed E-state index contributed by atoms with van der Waals surface area (Å²) in [6.07, 6.45) is 3.91. The van der Waals surface area contributed by atoms with E-state index in [-0.39, 0.29) is 11.9 Å². The lowest BCUT2D eigenvalue weighted by atomic mass is 10.1. The van der Waals surface area contributed by atoms with Gasteiger partial charge in [0.25, 0.3) is 0 Å². The second-order valence-electron chi connectivity index (χ2n) is 4.16. The van der Waals surface area contributed by atoms with Crippen LogP contribution in [0, 0.1) is 0 Å². The first-order valence-electron chi connectivity index (χ1n) is 6.82. The standard InChI is InChI=1S/C13H26NO4P/c1-5-9-12(14-13(15)6-2)10-11-19(16,17-7-3)18-8-4/h6,12H,2,5,7-11H2,1,3-4H3,(H,14,15). The van der Waals surface area contributed by atoms with Gasteiger partial charge in [-0.1, -0.05) is 19.9 Å². The Hall–Kier alpha value is -0.640. The predicted octanol–water partition coefficient (Wildman–Crippen LogP) is 3.11. The molecule has 0 aromatic rings. The van der Waals surface area contributed by atoms with Crippen molar-refractivity contribution in [3.63, 3.8) is 0 Å². The van der Waals surface area contributed by atoms with E-state index in [9.17, 15) is 9.36 Å². The van der Waals surface area contributed by atoms with Crippen LogP contribution in [0.5, 0.6) is 0 Å². The average molecular weight is 291 g/mol. The molecule has 19 heavy (non-hydrogen) atoms. The van der Waals surface area contributed by atoms with Crippen LogP contribution in [0.25, 0.3) is 0 Å². The van der Waals surface area contributed by atoms with Gasteiger partial charge in [0, 0.05) is 6.04 Å². The maximum atomic E-state index is 12.3. The molecule has 5 nitrogen and oxygen atoms in total. The van der Waals surface area contributed by atoms with Crippen molar-refractivity contribution in [1.29, 1.82) is 0 Å². The Morgan fingerprint density at radius 2 is 1.84 bits per heavy atom. The first-order valence-corrected chi connectivity index (χ1v) is 8.55. The van der Waals surface area contributed by atoms with Crippen molar-refractivity contribution < 1.29 is 18.4 Å². The largest absolute Gasteiger partial charge is 0.350 e. The summed E-state index contributed by atoms with van der Waals surface area (Å²) >= 11 is 0. The monoisotopic (exact) mass is 291 g/mol. The Kier molecular flexibility index (Phi) is 9.84. The van der Waals surface area contributed by atoms with Gasteiger partial charge in [0.2, 0.25) is 5.91 Å². The Morgan fingerprint density at radius 1 is 1.26 bits per heavy atom. The minimum atomic E-state index is -3.03. The normalized spacial score (nSPS) is 13.0. The molecule has 0 aromatic heterocycles. The molecule has 0 bridgehead atoms. The van der Waals surface area contributed by atoms with Crippen LogP contribution in [-0.4, -0.2) is 31.3 Å². The number of rotatable bonds is 11. The summed E-state index contributed by atoms with van der Waals surface area (Å²) in [4.78, 5) is 11.3. The molecular formula is C13H26NO4P. The van der Waals surface area contributed by atoms with E-state index in [1.165, 1.54) is 6.08 Å². The predicted molar refractivity (Wildman–Crippen MR) is 77.4 cm³/mol. The van der Waals surface area contributed by atoms with E-state index < -0.39 is 7.60 Å². The molecule has 0 radical (unpaired) electrons. The topological polar surface area (TPSA) is 64.6 Å². The smallest absolute Gasteiger partial charge is 0.330 e. The molecule has 0 saturated heterocycles. The molecule has 0 aliphatic heterocycles. The molecule has 0 aromatic carbocycles. The van der Waals surface area contributed by atoms with Gasteiger partial charge in [0.15, 0.2) is 0 Å². The molecular weight excluding hydrogens is 265 g/mol. The number of carbonyl (C=O) groups is 1. The summed E-state index contributed by atoms with van der Waals surface area (Å²) in [7, 11) is -3.03. The molecule has 0 spiro atoms. The van der Waals surface area contributed by atoms with Crippen molar-refractivity contribution in [2.45, 2.75) is 46.1 Å². The zero-order valence-corrected chi connectivity index (χ0v) is 13.1. The van der Waals surface area contributed by atoms with Gasteiger partial charge in [-0.15, -0.1) is 0 Å². The number of amides is 1. The van der Waals surface area contributed by atoms with Gasteiger partial charge < -0.3 is 14.4 Å². The highest BCUT2D eigenvalue weighted by atomic mass is 31.2. The molecule has 1 amide bonds. The van der Waals surface area contributed by atoms with E-state index in [1.54, 1.807) is 13.8 Å². The highest BCUT2D eigenvalue weighted by Gasteiger charge is 2.25. The lowest BCUT2D eigenvalue weighted by molar-refractivity contribution is -0.117. The van der Waals surface area contributed by atoms with Gasteiger partial charge in [0.05, 0.1) is 19.4 Å². The number of nitrogens with one attached hydrogen (secondary N) is 1. The van der Waals surface area contributed by atoms with Gasteiger partial charge in [-0.2, -0.15) is 0 Å². The fourth-order valence-electron chi connectivity index (χ4n) is 1.77. The Balaban J connectivity index is 4.44. The van der Waals surface area contributed by atoms with Crippen LogP contribution < -0.4 is 5.32 Å². The third-order valence-corrected chi connectivity index (χ3v) is 4.68. The SMILES string of the molecule is C=CC(=O)NC(CCC)CCP(=O)(OCC)OCC. The molecule has 1 unspecified atom stereocenters. The molecule has 0 fully saturated rings. The van der Waals surface area contributed by atoms with Gasteiger partial charge >= 0.3 is 7.60 Å². The van der Waals surface area contributed by atoms with Gasteiger partial charge in [-0.3, -0.25) is 9.36 Å². The summed E-state index contributed by atoms with van der Waals surface area (Å²) in [6.45, 7) is 9.75. The molecule has 0 aliphatic rings. The van der Waals surface area contributed by atoms with Crippen molar-refractivity contribution in [1.82, 2.24) is 5.32 Å². The van der Waals surface area contributed by atoms with Crippen molar-refractivity contribution in [2.24, 2.45) is 0 Å². The van der Waals surface area contributed by atoms with E-state index in [0.717, 1.165) is 12.8 Å². The fraction of sp³-hybridized carbons (Fsp3) is 0.769. The van der Waals surface area contributed by atoms with Crippen LogP contribution in [0.3, 0.4) is 0 Å². The minimum Gasteiger partial charge on any atom is -0.350 e. The quantitative estimate of drug-likeness (QED) is 0.469. The lowest BCUT2D eigenvalue weighted by Gasteiger charge is -2.21. The lowest BCUT2D eigenvalue weighted by Crippen LogP contribution is -2.34. The molecule has 0 aliphatic carbocycles. The van der Waals surface area contributed by atoms with Gasteiger partial charge in [0.1, 0.15) is 0 Å². The first kappa shape index (κ1) is 18.4. The summed E-state index contributed by atoms with van der Waals surface area (Å²) in [6, 6.07) is -0.0234. The molecule has 0 saturated carbocycles. The van der Waals surface area contributed by atoms with Crippen molar-refractivity contribution in [2.75, 3.05) is 19.4 Å². The van der Waals surface area contributed by atoms with Crippen LogP contribution >= 0.6 is 7.60 Å². The van der Waals surface area contributed by atoms with Crippen LogP contribution in [0.4, 0.5) is 0 Å². The summed E-state index contributed by atoms with van der Waals surface area (Å²) in [5, 5.41) is 2.84. The van der Waals surface area contributed by atoms with E-state index in [4.69, 9.17) is 9.05 Å². The Morgan fingerprint density at radius 3 is 2.26 bits per heavy atom. The number of hydrogen-bond acceptors (Lipinski definition) is 4. The minimum absolute atomic E-state index is 0.0234. The van der Waals surface area contributed by atoms with Crippen molar-refractivity contribution in [3.8, 4) is 0 Å². The third kappa shape index (κ3) is 8.19. The highest BCUT2D eigenvalue weighted by molar-refractivity contribution is 7.53. The molecule has 0 heterocycles. The molecule has 112 valence electrons. The van der Waals surface area contributed by atoms with Crippen LogP contribution in [0.2, 0.25) is 0 Å². The van der Waals surface area contributed by atoms with Crippen LogP contribution in [-0.2, 0) is 18.4 Å². The van der Waals surface area contributed by atoms with Gasteiger partial charge in [-0.05, 0) is 32.8 Å². The maximum Gasteiger partial charge on any atom is 0.330 e. The number of carbonyl (C=O) groups excluding carboxylic acids is 1. The zero-order valence-electron chi connectivity index (χ0n) is 12.2. The second kappa shape index (κ2) is 10.2. The van der Waals surface area contributed by atoms with E-state index >= 15 is 0 Å². The zero-order chi connectivity index (χ0) is 14.7. The number of hydrogen-bond donors (Lipinski definition) is 1. The van der Waals surface area contributed by atoms with E-state index in [0.29, 0.717) is 25.8 Å². The van der Waals surface area contributed by atoms with Gasteiger partial charge in [-0.25, -0.2) is 0 Å². The maximum absolute atomic E-state index is 12.3. The first-order chi connectivity index (χ1) is 9.01. The Labute approximate surface area is 116 Å². The van der Waals surface area contributed by atoms with E-state index in [2.05, 4.69) is 11.9 Å². The van der Waals surface area contributed by atoms with Crippen molar-refractivity contribution in [3.05, 3.63) is 12.7 Å². The van der Waals surface area contributed by atoms with Crippen LogP contribution in [0.1, 0.15) is 40.0 Å². The average Bonchev–Trinajstić information content (AvgIpc) is 2.37. The second-order valence-corrected chi connectivity index (χ2v) is 6.34. The molecule has 6 heteroatoms. The third-order valence-electron chi connectivity index (χ3n) is 2.57. The van der Waals surface area contributed by atoms with E-state index in [1.807, 2.05) is 6.92 Å². The summed E-state index contributed by atoms with van der Waals surface area (Å²) in [5.74, 6) is -0.207. The summed E-state index contributed by atoms with van der Waals surface area (Å²) in [5.41, 5.74) is 0. The molecule has 0 rings (SSSR count). The highest BCUT2D eigenvalue weighted by Crippen LogP contribution is 2.48. The fourth-order valence-corrected chi connectivity index (χ4v) is 3.52. The molecule has 1 N–H and O–H groups in total. The Bertz CT molecular complexity index is 310. The summed E-state index contributed by atoms with van der Waals surface area (Å²) < 4.78 is 22.8. The van der Waals surface area contributed by atoms with Crippen molar-refractivity contribution >= 4 is 13.5 Å². The van der Waals surface area contributed by atoms with Crippen LogP contribution in [0.15, 0.2) is 12.7 Å². The molecule has 1 atom stereocenters.